The van der Waals surface area contributed by atoms with Crippen molar-refractivity contribution >= 4 is 5.78 Å². The van der Waals surface area contributed by atoms with Gasteiger partial charge in [-0.25, -0.2) is 0 Å². The Labute approximate surface area is 137 Å². The van der Waals surface area contributed by atoms with E-state index in [-0.39, 0.29) is 11.7 Å². The number of nitrogens with zero attached hydrogens (tertiary/aromatic N) is 2. The van der Waals surface area contributed by atoms with Gasteiger partial charge in [0.1, 0.15) is 5.69 Å². The van der Waals surface area contributed by atoms with Gasteiger partial charge in [-0.1, -0.05) is 48.8 Å². The van der Waals surface area contributed by atoms with Crippen molar-refractivity contribution in [3.63, 3.8) is 0 Å². The van der Waals surface area contributed by atoms with Crippen molar-refractivity contribution in [2.75, 3.05) is 19.6 Å². The number of rotatable bonds is 6. The Kier molecular flexibility index (Phi) is 5.23. The van der Waals surface area contributed by atoms with Crippen LogP contribution in [0.15, 0.2) is 40.9 Å². The van der Waals surface area contributed by atoms with Crippen LogP contribution in [0, 0.1) is 5.92 Å². The topological polar surface area (TPSA) is 46.3 Å². The largest absolute Gasteiger partial charge is 0.356 e. The van der Waals surface area contributed by atoms with Gasteiger partial charge in [0.25, 0.3) is 0 Å². The smallest absolute Gasteiger partial charge is 0.187 e. The summed E-state index contributed by atoms with van der Waals surface area (Å²) in [5.74, 6) is 0.704. The van der Waals surface area contributed by atoms with Crippen LogP contribution in [0.1, 0.15) is 43.1 Å². The number of ketones is 1. The van der Waals surface area contributed by atoms with Gasteiger partial charge in [0.05, 0.1) is 0 Å². The van der Waals surface area contributed by atoms with Crippen LogP contribution in [0.4, 0.5) is 0 Å². The maximum Gasteiger partial charge on any atom is 0.187 e. The molecule has 1 aliphatic heterocycles. The van der Waals surface area contributed by atoms with Gasteiger partial charge >= 0.3 is 0 Å². The fourth-order valence-corrected chi connectivity index (χ4v) is 3.07. The summed E-state index contributed by atoms with van der Waals surface area (Å²) in [6.45, 7) is 5.32. The van der Waals surface area contributed by atoms with Gasteiger partial charge in [-0.2, -0.15) is 0 Å². The first-order valence-corrected chi connectivity index (χ1v) is 8.53. The molecule has 1 atom stereocenters. The Morgan fingerprint density at radius 1 is 1.22 bits per heavy atom. The molecule has 0 N–H and O–H groups in total. The Hall–Kier alpha value is -1.94. The molecular formula is C19H24N2O2. The summed E-state index contributed by atoms with van der Waals surface area (Å²) >= 11 is 0. The lowest BCUT2D eigenvalue weighted by atomic mass is 9.98. The Bertz CT molecular complexity index is 630. The number of piperidine rings is 1. The van der Waals surface area contributed by atoms with E-state index in [0.717, 1.165) is 18.5 Å². The summed E-state index contributed by atoms with van der Waals surface area (Å²) in [4.78, 5) is 15.0. The number of Topliss-reactive ketones (excluding diaryl/α,β-unsaturated/α-hetero) is 1. The predicted octanol–water partition coefficient (Wildman–Crippen LogP) is 4.04. The Morgan fingerprint density at radius 3 is 2.70 bits per heavy atom. The second-order valence-electron chi connectivity index (χ2n) is 6.40. The van der Waals surface area contributed by atoms with Crippen molar-refractivity contribution < 1.29 is 9.32 Å². The molecule has 1 aromatic heterocycles. The van der Waals surface area contributed by atoms with Gasteiger partial charge in [-0.15, -0.1) is 0 Å². The normalized spacial score (nSPS) is 17.1. The van der Waals surface area contributed by atoms with Crippen LogP contribution in [-0.4, -0.2) is 35.5 Å². The Morgan fingerprint density at radius 2 is 1.96 bits per heavy atom. The van der Waals surface area contributed by atoms with Crippen LogP contribution >= 0.6 is 0 Å². The van der Waals surface area contributed by atoms with E-state index < -0.39 is 0 Å². The molecule has 1 fully saturated rings. The minimum Gasteiger partial charge on any atom is -0.356 e. The summed E-state index contributed by atoms with van der Waals surface area (Å²) in [5.41, 5.74) is 1.38. The third-order valence-electron chi connectivity index (χ3n) is 4.60. The van der Waals surface area contributed by atoms with Crippen molar-refractivity contribution in [1.29, 1.82) is 0 Å². The average molecular weight is 312 g/mol. The standard InChI is InChI=1S/C19H24N2O2/c1-15(10-13-21-11-6-3-7-12-21)19(22)17-14-18(23-20-17)16-8-4-2-5-9-16/h2,4-5,8-9,14-15H,3,6-7,10-13H2,1H3. The minimum absolute atomic E-state index is 0.0225. The van der Waals surface area contributed by atoms with Crippen LogP contribution in [0.25, 0.3) is 11.3 Å². The van der Waals surface area contributed by atoms with Gasteiger partial charge in [0.15, 0.2) is 11.5 Å². The molecule has 0 aliphatic carbocycles. The summed E-state index contributed by atoms with van der Waals surface area (Å²) in [6.07, 6.45) is 4.79. The highest BCUT2D eigenvalue weighted by molar-refractivity contribution is 5.96. The van der Waals surface area contributed by atoms with Gasteiger partial charge in [0.2, 0.25) is 0 Å². The minimum atomic E-state index is -0.0225. The molecule has 0 spiro atoms. The molecule has 1 unspecified atom stereocenters. The summed E-state index contributed by atoms with van der Waals surface area (Å²) in [5, 5.41) is 3.97. The van der Waals surface area contributed by atoms with Crippen molar-refractivity contribution in [2.45, 2.75) is 32.6 Å². The highest BCUT2D eigenvalue weighted by Crippen LogP contribution is 2.22. The number of aromatic nitrogens is 1. The highest BCUT2D eigenvalue weighted by atomic mass is 16.5. The van der Waals surface area contributed by atoms with Gasteiger partial charge in [-0.05, 0) is 38.9 Å². The lowest BCUT2D eigenvalue weighted by Gasteiger charge is -2.27. The van der Waals surface area contributed by atoms with Crippen LogP contribution in [0.3, 0.4) is 0 Å². The maximum absolute atomic E-state index is 12.5. The molecule has 3 rings (SSSR count). The first kappa shape index (κ1) is 15.9. The predicted molar refractivity (Wildman–Crippen MR) is 90.3 cm³/mol. The molecule has 2 heterocycles. The number of benzene rings is 1. The quantitative estimate of drug-likeness (QED) is 0.755. The lowest BCUT2D eigenvalue weighted by Crippen LogP contribution is -2.32. The van der Waals surface area contributed by atoms with Gasteiger partial charge in [0, 0.05) is 17.5 Å². The summed E-state index contributed by atoms with van der Waals surface area (Å²) < 4.78 is 5.34. The van der Waals surface area contributed by atoms with Crippen LogP contribution in [-0.2, 0) is 0 Å². The van der Waals surface area contributed by atoms with Crippen molar-refractivity contribution in [3.8, 4) is 11.3 Å². The maximum atomic E-state index is 12.5. The van der Waals surface area contributed by atoms with E-state index in [9.17, 15) is 4.79 Å². The second kappa shape index (κ2) is 7.55. The summed E-state index contributed by atoms with van der Waals surface area (Å²) in [7, 11) is 0. The van der Waals surface area contributed by atoms with Crippen molar-refractivity contribution in [3.05, 3.63) is 42.1 Å². The molecule has 4 nitrogen and oxygen atoms in total. The zero-order chi connectivity index (χ0) is 16.1. The van der Waals surface area contributed by atoms with E-state index >= 15 is 0 Å². The fraction of sp³-hybridized carbons (Fsp3) is 0.474. The zero-order valence-corrected chi connectivity index (χ0v) is 13.7. The van der Waals surface area contributed by atoms with E-state index in [0.29, 0.717) is 11.5 Å². The van der Waals surface area contributed by atoms with Crippen LogP contribution in [0.5, 0.6) is 0 Å². The molecule has 0 radical (unpaired) electrons. The number of hydrogen-bond acceptors (Lipinski definition) is 4. The molecule has 1 aromatic carbocycles. The molecule has 1 aliphatic rings. The summed E-state index contributed by atoms with van der Waals surface area (Å²) in [6, 6.07) is 11.5. The highest BCUT2D eigenvalue weighted by Gasteiger charge is 2.21. The number of hydrogen-bond donors (Lipinski definition) is 0. The monoisotopic (exact) mass is 312 g/mol. The molecular weight excluding hydrogens is 288 g/mol. The Balaban J connectivity index is 1.58. The van der Waals surface area contributed by atoms with Crippen molar-refractivity contribution in [2.24, 2.45) is 5.92 Å². The third kappa shape index (κ3) is 4.08. The molecule has 4 heteroatoms. The third-order valence-corrected chi connectivity index (χ3v) is 4.60. The van der Waals surface area contributed by atoms with Crippen LogP contribution in [0.2, 0.25) is 0 Å². The van der Waals surface area contributed by atoms with E-state index in [2.05, 4.69) is 10.1 Å². The molecule has 0 saturated carbocycles. The number of carbonyl (C=O) groups excluding carboxylic acids is 1. The lowest BCUT2D eigenvalue weighted by molar-refractivity contribution is 0.0902. The first-order valence-electron chi connectivity index (χ1n) is 8.53. The van der Waals surface area contributed by atoms with Gasteiger partial charge in [-0.3, -0.25) is 4.79 Å². The molecule has 23 heavy (non-hydrogen) atoms. The number of carbonyl (C=O) groups is 1. The molecule has 1 saturated heterocycles. The van der Waals surface area contributed by atoms with Crippen molar-refractivity contribution in [1.82, 2.24) is 10.1 Å². The molecule has 0 amide bonds. The van der Waals surface area contributed by atoms with Crippen LogP contribution < -0.4 is 0 Å². The number of likely N-dealkylation sites (tertiary alicyclic amines) is 1. The zero-order valence-electron chi connectivity index (χ0n) is 13.7. The molecule has 2 aromatic rings. The molecule has 0 bridgehead atoms. The SMILES string of the molecule is CC(CCN1CCCCC1)C(=O)c1cc(-c2ccccc2)on1. The van der Waals surface area contributed by atoms with E-state index in [1.165, 1.54) is 32.4 Å². The van der Waals surface area contributed by atoms with E-state index in [4.69, 9.17) is 4.52 Å². The fourth-order valence-electron chi connectivity index (χ4n) is 3.07. The molecule has 122 valence electrons. The van der Waals surface area contributed by atoms with E-state index in [1.54, 1.807) is 6.07 Å². The van der Waals surface area contributed by atoms with Gasteiger partial charge < -0.3 is 9.42 Å². The second-order valence-corrected chi connectivity index (χ2v) is 6.40. The average Bonchev–Trinajstić information content (AvgIpc) is 3.11. The first-order chi connectivity index (χ1) is 11.2. The van der Waals surface area contributed by atoms with E-state index in [1.807, 2.05) is 37.3 Å².